The van der Waals surface area contributed by atoms with Crippen molar-refractivity contribution in [2.45, 2.75) is 13.0 Å². The minimum Gasteiger partial charge on any atom is -0.369 e. The largest absolute Gasteiger partial charge is 0.369 e. The summed E-state index contributed by atoms with van der Waals surface area (Å²) in [5.74, 6) is 0. The first-order valence-electron chi connectivity index (χ1n) is 7.44. The first-order valence-corrected chi connectivity index (χ1v) is 7.81. The van der Waals surface area contributed by atoms with Gasteiger partial charge in [-0.3, -0.25) is 9.88 Å². The molecule has 0 saturated carbocycles. The van der Waals surface area contributed by atoms with Gasteiger partial charge in [-0.2, -0.15) is 0 Å². The number of nitrogens with zero attached hydrogens (tertiary/aromatic N) is 3. The highest BCUT2D eigenvalue weighted by Gasteiger charge is 2.16. The molecule has 0 spiro atoms. The molecule has 2 heterocycles. The Labute approximate surface area is 131 Å². The van der Waals surface area contributed by atoms with E-state index in [2.05, 4.69) is 45.1 Å². The number of rotatable bonds is 3. The van der Waals surface area contributed by atoms with E-state index in [0.29, 0.717) is 0 Å². The highest BCUT2D eigenvalue weighted by Crippen LogP contribution is 2.25. The van der Waals surface area contributed by atoms with Crippen molar-refractivity contribution in [2.24, 2.45) is 0 Å². The predicted molar refractivity (Wildman–Crippen MR) is 87.8 cm³/mol. The van der Waals surface area contributed by atoms with Gasteiger partial charge in [-0.05, 0) is 18.1 Å². The summed E-state index contributed by atoms with van der Waals surface area (Å²) >= 11 is 6.26. The van der Waals surface area contributed by atoms with Crippen LogP contribution < -0.4 is 4.90 Å². The summed E-state index contributed by atoms with van der Waals surface area (Å²) < 4.78 is 0. The molecule has 0 atom stereocenters. The van der Waals surface area contributed by atoms with E-state index in [1.807, 2.05) is 12.3 Å². The molecule has 1 fully saturated rings. The molecular formula is C17H20ClN3. The molecule has 1 aromatic carbocycles. The van der Waals surface area contributed by atoms with E-state index in [4.69, 9.17) is 11.6 Å². The number of pyridine rings is 1. The second-order valence-corrected chi connectivity index (χ2v) is 5.84. The number of halogens is 1. The van der Waals surface area contributed by atoms with Crippen LogP contribution in [0.5, 0.6) is 0 Å². The van der Waals surface area contributed by atoms with Crippen LogP contribution >= 0.6 is 11.6 Å². The highest BCUT2D eigenvalue weighted by molar-refractivity contribution is 6.33. The second kappa shape index (κ2) is 6.92. The van der Waals surface area contributed by atoms with Crippen molar-refractivity contribution in [1.29, 1.82) is 0 Å². The zero-order valence-electron chi connectivity index (χ0n) is 12.1. The summed E-state index contributed by atoms with van der Waals surface area (Å²) in [7, 11) is 0. The summed E-state index contributed by atoms with van der Waals surface area (Å²) in [5.41, 5.74) is 2.49. The lowest BCUT2D eigenvalue weighted by Gasteiger charge is -2.24. The Balaban J connectivity index is 1.63. The van der Waals surface area contributed by atoms with Crippen LogP contribution in [0.1, 0.15) is 12.0 Å². The monoisotopic (exact) mass is 301 g/mol. The minimum atomic E-state index is 0.744. The fraction of sp³-hybridized carbons (Fsp3) is 0.353. The fourth-order valence-electron chi connectivity index (χ4n) is 2.84. The maximum Gasteiger partial charge on any atom is 0.0822 e. The normalized spacial score (nSPS) is 16.7. The third-order valence-electron chi connectivity index (χ3n) is 3.93. The Morgan fingerprint density at radius 1 is 1.00 bits per heavy atom. The van der Waals surface area contributed by atoms with Crippen LogP contribution in [0.3, 0.4) is 0 Å². The van der Waals surface area contributed by atoms with Gasteiger partial charge in [-0.15, -0.1) is 0 Å². The Hall–Kier alpha value is -1.58. The van der Waals surface area contributed by atoms with Gasteiger partial charge in [0.05, 0.1) is 10.7 Å². The fourth-order valence-corrected chi connectivity index (χ4v) is 3.07. The molecule has 1 aromatic heterocycles. The van der Waals surface area contributed by atoms with Crippen LogP contribution in [0.4, 0.5) is 5.69 Å². The van der Waals surface area contributed by atoms with E-state index in [1.165, 1.54) is 5.56 Å². The smallest absolute Gasteiger partial charge is 0.0822 e. The van der Waals surface area contributed by atoms with Crippen molar-refractivity contribution in [2.75, 3.05) is 31.1 Å². The lowest BCUT2D eigenvalue weighted by Crippen LogP contribution is -2.30. The second-order valence-electron chi connectivity index (χ2n) is 5.43. The number of hydrogen-bond donors (Lipinski definition) is 0. The van der Waals surface area contributed by atoms with Gasteiger partial charge in [0.25, 0.3) is 0 Å². The summed E-state index contributed by atoms with van der Waals surface area (Å²) in [6.45, 7) is 5.28. The van der Waals surface area contributed by atoms with Crippen molar-refractivity contribution in [1.82, 2.24) is 9.88 Å². The van der Waals surface area contributed by atoms with Crippen LogP contribution in [0.15, 0.2) is 48.8 Å². The van der Waals surface area contributed by atoms with Gasteiger partial charge < -0.3 is 4.90 Å². The van der Waals surface area contributed by atoms with Gasteiger partial charge >= 0.3 is 0 Å². The molecule has 0 radical (unpaired) electrons. The molecule has 4 heteroatoms. The predicted octanol–water partition coefficient (Wildman–Crippen LogP) is 3.45. The van der Waals surface area contributed by atoms with Crippen molar-refractivity contribution in [3.05, 3.63) is 59.4 Å². The number of anilines is 1. The SMILES string of the molecule is Clc1cnccc1N1CCCN(Cc2ccccc2)CC1. The molecule has 0 aliphatic carbocycles. The average molecular weight is 302 g/mol. The molecule has 3 nitrogen and oxygen atoms in total. The molecule has 110 valence electrons. The van der Waals surface area contributed by atoms with Crippen molar-refractivity contribution in [3.8, 4) is 0 Å². The summed E-state index contributed by atoms with van der Waals surface area (Å²) in [5, 5.41) is 0.744. The number of benzene rings is 1. The molecule has 0 unspecified atom stereocenters. The van der Waals surface area contributed by atoms with Crippen LogP contribution in [-0.4, -0.2) is 36.1 Å². The van der Waals surface area contributed by atoms with E-state index in [9.17, 15) is 0 Å². The summed E-state index contributed by atoms with van der Waals surface area (Å²) in [6.07, 6.45) is 4.70. The maximum atomic E-state index is 6.26. The topological polar surface area (TPSA) is 19.4 Å². The molecule has 0 N–H and O–H groups in total. The van der Waals surface area contributed by atoms with Gasteiger partial charge in [-0.1, -0.05) is 41.9 Å². The Kier molecular flexibility index (Phi) is 4.73. The van der Waals surface area contributed by atoms with E-state index in [1.54, 1.807) is 6.20 Å². The van der Waals surface area contributed by atoms with Gasteiger partial charge in [0, 0.05) is 45.1 Å². The molecule has 1 saturated heterocycles. The number of aromatic nitrogens is 1. The molecule has 3 rings (SSSR count). The zero-order chi connectivity index (χ0) is 14.5. The molecule has 21 heavy (non-hydrogen) atoms. The van der Waals surface area contributed by atoms with E-state index in [0.717, 1.165) is 49.9 Å². The van der Waals surface area contributed by atoms with Crippen molar-refractivity contribution >= 4 is 17.3 Å². The third kappa shape index (κ3) is 3.74. The van der Waals surface area contributed by atoms with E-state index < -0.39 is 0 Å². The van der Waals surface area contributed by atoms with Gasteiger partial charge in [0.2, 0.25) is 0 Å². The Bertz CT molecular complexity index is 573. The maximum absolute atomic E-state index is 6.26. The minimum absolute atomic E-state index is 0.744. The molecule has 1 aliphatic rings. The van der Waals surface area contributed by atoms with E-state index in [-0.39, 0.29) is 0 Å². The first-order chi connectivity index (χ1) is 10.3. The standard InChI is InChI=1S/C17H20ClN3/c18-16-13-19-8-7-17(16)21-10-4-9-20(11-12-21)14-15-5-2-1-3-6-15/h1-3,5-8,13H,4,9-12,14H2. The summed E-state index contributed by atoms with van der Waals surface area (Å²) in [6, 6.07) is 12.7. The molecule has 0 bridgehead atoms. The van der Waals surface area contributed by atoms with Crippen LogP contribution in [-0.2, 0) is 6.54 Å². The third-order valence-corrected chi connectivity index (χ3v) is 4.22. The van der Waals surface area contributed by atoms with Gasteiger partial charge in [0.1, 0.15) is 0 Å². The van der Waals surface area contributed by atoms with Crippen LogP contribution in [0, 0.1) is 0 Å². The van der Waals surface area contributed by atoms with Crippen LogP contribution in [0.2, 0.25) is 5.02 Å². The van der Waals surface area contributed by atoms with Crippen molar-refractivity contribution in [3.63, 3.8) is 0 Å². The van der Waals surface area contributed by atoms with Gasteiger partial charge in [0.15, 0.2) is 0 Å². The lowest BCUT2D eigenvalue weighted by atomic mass is 10.2. The summed E-state index contributed by atoms with van der Waals surface area (Å²) in [4.78, 5) is 8.95. The van der Waals surface area contributed by atoms with Crippen molar-refractivity contribution < 1.29 is 0 Å². The molecule has 1 aliphatic heterocycles. The average Bonchev–Trinajstić information content (AvgIpc) is 2.74. The molecule has 2 aromatic rings. The Morgan fingerprint density at radius 3 is 2.67 bits per heavy atom. The molecule has 0 amide bonds. The quantitative estimate of drug-likeness (QED) is 0.865. The van der Waals surface area contributed by atoms with Crippen LogP contribution in [0.25, 0.3) is 0 Å². The first kappa shape index (κ1) is 14.4. The number of hydrogen-bond acceptors (Lipinski definition) is 3. The Morgan fingerprint density at radius 2 is 1.86 bits per heavy atom. The van der Waals surface area contributed by atoms with Gasteiger partial charge in [-0.25, -0.2) is 0 Å². The zero-order valence-corrected chi connectivity index (χ0v) is 12.8. The highest BCUT2D eigenvalue weighted by atomic mass is 35.5. The lowest BCUT2D eigenvalue weighted by molar-refractivity contribution is 0.285. The van der Waals surface area contributed by atoms with E-state index >= 15 is 0 Å². The molecular weight excluding hydrogens is 282 g/mol.